The molecule has 0 saturated heterocycles. The Balaban J connectivity index is 2.01. The van der Waals surface area contributed by atoms with Crippen LogP contribution in [0.4, 0.5) is 0 Å². The van der Waals surface area contributed by atoms with Gasteiger partial charge in [-0.3, -0.25) is 0 Å². The summed E-state index contributed by atoms with van der Waals surface area (Å²) in [7, 11) is 0. The van der Waals surface area contributed by atoms with Gasteiger partial charge in [-0.05, 0) is 17.8 Å². The first-order chi connectivity index (χ1) is 10.2. The molecule has 3 rings (SSSR count). The molecule has 0 fully saturated rings. The molecule has 7 heteroatoms. The first kappa shape index (κ1) is 13.5. The molecule has 5 nitrogen and oxygen atoms in total. The second-order valence-corrected chi connectivity index (χ2v) is 5.58. The third-order valence-corrected chi connectivity index (χ3v) is 4.07. The van der Waals surface area contributed by atoms with Gasteiger partial charge < -0.3 is 10.1 Å². The van der Waals surface area contributed by atoms with Crippen LogP contribution in [-0.4, -0.2) is 19.6 Å². The second-order valence-electron chi connectivity index (χ2n) is 4.36. The van der Waals surface area contributed by atoms with Crippen molar-refractivity contribution in [3.05, 3.63) is 57.4 Å². The van der Waals surface area contributed by atoms with Crippen LogP contribution < -0.4 is 0 Å². The number of nitrogens with one attached hydrogen (secondary N) is 1. The fourth-order valence-electron chi connectivity index (χ4n) is 1.99. The summed E-state index contributed by atoms with van der Waals surface area (Å²) >= 11 is 6.49. The van der Waals surface area contributed by atoms with Crippen molar-refractivity contribution in [1.29, 1.82) is 5.26 Å². The molecule has 0 atom stereocenters. The van der Waals surface area contributed by atoms with E-state index in [2.05, 4.69) is 9.97 Å². The monoisotopic (exact) mass is 314 g/mol. The third kappa shape index (κ3) is 2.59. The summed E-state index contributed by atoms with van der Waals surface area (Å²) in [5, 5.41) is 21.3. The minimum atomic E-state index is 0.0303. The molecule has 0 aliphatic carbocycles. The molecule has 3 aromatic rings. The molecule has 104 valence electrons. The van der Waals surface area contributed by atoms with E-state index in [0.717, 1.165) is 5.56 Å². The van der Waals surface area contributed by atoms with Crippen molar-refractivity contribution < 1.29 is 5.11 Å². The van der Waals surface area contributed by atoms with Crippen LogP contribution in [0.3, 0.4) is 0 Å². The van der Waals surface area contributed by atoms with Crippen LogP contribution in [0, 0.1) is 16.1 Å². The molecule has 0 amide bonds. The van der Waals surface area contributed by atoms with Gasteiger partial charge in [0, 0.05) is 11.8 Å². The number of aromatic nitrogens is 3. The van der Waals surface area contributed by atoms with Gasteiger partial charge in [-0.25, -0.2) is 9.55 Å². The smallest absolute Gasteiger partial charge is 0.220 e. The number of H-pyrrole nitrogens is 1. The number of nitriles is 1. The highest BCUT2D eigenvalue weighted by Crippen LogP contribution is 2.26. The Morgan fingerprint density at radius 1 is 1.38 bits per heavy atom. The standard InChI is InChI=1S/C14H10N4OS2/c15-7-10-8-21-14(16-10)18-12(19)11(17-13(18)20)6-9-4-2-1-3-5-9/h1-5,8,19H,6H2,(H,17,20). The Morgan fingerprint density at radius 3 is 2.81 bits per heavy atom. The van der Waals surface area contributed by atoms with Crippen LogP contribution in [0.5, 0.6) is 5.88 Å². The molecule has 0 saturated carbocycles. The van der Waals surface area contributed by atoms with E-state index in [1.165, 1.54) is 15.9 Å². The number of aromatic amines is 1. The lowest BCUT2D eigenvalue weighted by Gasteiger charge is -2.01. The highest BCUT2D eigenvalue weighted by molar-refractivity contribution is 7.71. The number of aromatic hydroxyl groups is 1. The molecule has 0 radical (unpaired) electrons. The maximum Gasteiger partial charge on any atom is 0.220 e. The molecule has 2 N–H and O–H groups in total. The topological polar surface area (TPSA) is 77.6 Å². The normalized spacial score (nSPS) is 10.4. The van der Waals surface area contributed by atoms with E-state index in [9.17, 15) is 5.11 Å². The summed E-state index contributed by atoms with van der Waals surface area (Å²) in [6.07, 6.45) is 0.541. The molecule has 0 bridgehead atoms. The van der Waals surface area contributed by atoms with E-state index in [0.29, 0.717) is 27.7 Å². The quantitative estimate of drug-likeness (QED) is 0.728. The van der Waals surface area contributed by atoms with Gasteiger partial charge in [-0.15, -0.1) is 11.3 Å². The van der Waals surface area contributed by atoms with Crippen LogP contribution in [-0.2, 0) is 6.42 Å². The van der Waals surface area contributed by atoms with E-state index >= 15 is 0 Å². The maximum absolute atomic E-state index is 10.4. The predicted molar refractivity (Wildman–Crippen MR) is 82.3 cm³/mol. The highest BCUT2D eigenvalue weighted by atomic mass is 32.1. The van der Waals surface area contributed by atoms with Crippen molar-refractivity contribution in [2.45, 2.75) is 6.42 Å². The van der Waals surface area contributed by atoms with Gasteiger partial charge in [0.2, 0.25) is 5.88 Å². The van der Waals surface area contributed by atoms with Crippen molar-refractivity contribution in [2.24, 2.45) is 0 Å². The summed E-state index contributed by atoms with van der Waals surface area (Å²) in [5.41, 5.74) is 2.00. The molecule has 0 aliphatic heterocycles. The lowest BCUT2D eigenvalue weighted by atomic mass is 10.1. The molecular formula is C14H10N4OS2. The minimum Gasteiger partial charge on any atom is -0.493 e. The van der Waals surface area contributed by atoms with Gasteiger partial charge in [0.05, 0.1) is 5.69 Å². The average Bonchev–Trinajstić information content (AvgIpc) is 3.05. The lowest BCUT2D eigenvalue weighted by molar-refractivity contribution is 0.436. The van der Waals surface area contributed by atoms with E-state index in [1.54, 1.807) is 5.38 Å². The lowest BCUT2D eigenvalue weighted by Crippen LogP contribution is -1.93. The van der Waals surface area contributed by atoms with E-state index in [-0.39, 0.29) is 5.88 Å². The Morgan fingerprint density at radius 2 is 2.14 bits per heavy atom. The molecule has 21 heavy (non-hydrogen) atoms. The number of hydrogen-bond donors (Lipinski definition) is 2. The minimum absolute atomic E-state index is 0.0303. The van der Waals surface area contributed by atoms with Crippen molar-refractivity contribution in [2.75, 3.05) is 0 Å². The Hall–Kier alpha value is -2.43. The van der Waals surface area contributed by atoms with Crippen LogP contribution >= 0.6 is 23.6 Å². The van der Waals surface area contributed by atoms with Gasteiger partial charge in [-0.2, -0.15) is 5.26 Å². The summed E-state index contributed by atoms with van der Waals surface area (Å²) in [6.45, 7) is 0. The summed E-state index contributed by atoms with van der Waals surface area (Å²) < 4.78 is 1.80. The molecular weight excluding hydrogens is 304 g/mol. The largest absolute Gasteiger partial charge is 0.493 e. The molecule has 2 aromatic heterocycles. The van der Waals surface area contributed by atoms with Crippen LogP contribution in [0.1, 0.15) is 17.0 Å². The van der Waals surface area contributed by atoms with Crippen molar-refractivity contribution in [3.63, 3.8) is 0 Å². The number of hydrogen-bond acceptors (Lipinski definition) is 5. The van der Waals surface area contributed by atoms with Crippen LogP contribution in [0.2, 0.25) is 0 Å². The SMILES string of the molecule is N#Cc1csc(-n2c(O)c(Cc3ccccc3)[nH]c2=S)n1. The van der Waals surface area contributed by atoms with Crippen molar-refractivity contribution in [1.82, 2.24) is 14.5 Å². The second kappa shape index (κ2) is 5.52. The number of thiazole rings is 1. The zero-order chi connectivity index (χ0) is 14.8. The number of rotatable bonds is 3. The first-order valence-electron chi connectivity index (χ1n) is 6.12. The zero-order valence-electron chi connectivity index (χ0n) is 10.8. The maximum atomic E-state index is 10.4. The predicted octanol–water partition coefficient (Wildman–Crippen LogP) is 3.16. The molecule has 0 spiro atoms. The summed E-state index contributed by atoms with van der Waals surface area (Å²) in [4.78, 5) is 7.11. The van der Waals surface area contributed by atoms with E-state index in [1.807, 2.05) is 36.4 Å². The van der Waals surface area contributed by atoms with Gasteiger partial charge in [0.1, 0.15) is 6.07 Å². The van der Waals surface area contributed by atoms with Gasteiger partial charge in [0.25, 0.3) is 0 Å². The fourth-order valence-corrected chi connectivity index (χ4v) is 3.10. The summed E-state index contributed by atoms with van der Waals surface area (Å²) in [6, 6.07) is 11.7. The Kier molecular flexibility index (Phi) is 3.56. The van der Waals surface area contributed by atoms with Crippen molar-refractivity contribution in [3.8, 4) is 17.1 Å². The Bertz CT molecular complexity index is 871. The number of benzene rings is 1. The molecule has 0 aliphatic rings. The first-order valence-corrected chi connectivity index (χ1v) is 7.40. The average molecular weight is 314 g/mol. The van der Waals surface area contributed by atoms with Crippen molar-refractivity contribution >= 4 is 23.6 Å². The highest BCUT2D eigenvalue weighted by Gasteiger charge is 2.15. The molecule has 0 unspecified atom stereocenters. The molecule has 1 aromatic carbocycles. The van der Waals surface area contributed by atoms with Crippen LogP contribution in [0.25, 0.3) is 5.13 Å². The van der Waals surface area contributed by atoms with Gasteiger partial charge in [0.15, 0.2) is 15.6 Å². The number of nitrogens with zero attached hydrogens (tertiary/aromatic N) is 3. The van der Waals surface area contributed by atoms with E-state index < -0.39 is 0 Å². The third-order valence-electron chi connectivity index (χ3n) is 2.96. The molecule has 2 heterocycles. The van der Waals surface area contributed by atoms with Crippen LogP contribution in [0.15, 0.2) is 35.7 Å². The van der Waals surface area contributed by atoms with Gasteiger partial charge >= 0.3 is 0 Å². The Labute approximate surface area is 129 Å². The van der Waals surface area contributed by atoms with Gasteiger partial charge in [-0.1, -0.05) is 30.3 Å². The van der Waals surface area contributed by atoms with E-state index in [4.69, 9.17) is 17.5 Å². The summed E-state index contributed by atoms with van der Waals surface area (Å²) in [5.74, 6) is 0.0303. The zero-order valence-corrected chi connectivity index (χ0v) is 12.4. The number of imidazole rings is 1. The fraction of sp³-hybridized carbons (Fsp3) is 0.0714.